The van der Waals surface area contributed by atoms with E-state index in [1.165, 1.54) is 0 Å². The molecule has 0 aliphatic carbocycles. The molecule has 1 unspecified atom stereocenters. The fraction of sp³-hybridized carbons (Fsp3) is 0.391. The molecule has 3 rings (SSSR count). The van der Waals surface area contributed by atoms with E-state index in [0.29, 0.717) is 13.0 Å². The summed E-state index contributed by atoms with van der Waals surface area (Å²) >= 11 is 0. The van der Waals surface area contributed by atoms with Gasteiger partial charge in [0.15, 0.2) is 5.96 Å². The first kappa shape index (κ1) is 20.7. The number of para-hydroxylation sites is 1. The summed E-state index contributed by atoms with van der Waals surface area (Å²) in [7, 11) is 0. The zero-order valence-corrected chi connectivity index (χ0v) is 17.2. The lowest BCUT2D eigenvalue weighted by Crippen LogP contribution is -2.45. The molecule has 0 bridgehead atoms. The summed E-state index contributed by atoms with van der Waals surface area (Å²) in [5, 5.41) is 6.75. The minimum Gasteiger partial charge on any atom is -0.457 e. The molecule has 2 aromatic rings. The first-order valence-electron chi connectivity index (χ1n) is 10.3. The molecular weight excluding hydrogens is 364 g/mol. The molecule has 1 saturated heterocycles. The first-order valence-corrected chi connectivity index (χ1v) is 10.3. The lowest BCUT2D eigenvalue weighted by atomic mass is 10.2. The lowest BCUT2D eigenvalue weighted by molar-refractivity contribution is -0.129. The maximum Gasteiger partial charge on any atom is 0.222 e. The van der Waals surface area contributed by atoms with E-state index in [-0.39, 0.29) is 11.9 Å². The Balaban J connectivity index is 1.55. The van der Waals surface area contributed by atoms with Crippen LogP contribution >= 0.6 is 0 Å². The van der Waals surface area contributed by atoms with E-state index in [9.17, 15) is 4.79 Å². The number of nitrogens with zero attached hydrogens (tertiary/aromatic N) is 2. The van der Waals surface area contributed by atoms with Crippen LogP contribution in [0.3, 0.4) is 0 Å². The summed E-state index contributed by atoms with van der Waals surface area (Å²) in [4.78, 5) is 18.5. The van der Waals surface area contributed by atoms with Crippen LogP contribution in [-0.2, 0) is 11.3 Å². The van der Waals surface area contributed by atoms with Crippen molar-refractivity contribution >= 4 is 11.9 Å². The van der Waals surface area contributed by atoms with Crippen LogP contribution in [0.25, 0.3) is 0 Å². The van der Waals surface area contributed by atoms with Gasteiger partial charge in [-0.25, -0.2) is 4.99 Å². The Morgan fingerprint density at radius 1 is 1.10 bits per heavy atom. The molecule has 1 amide bonds. The van der Waals surface area contributed by atoms with Gasteiger partial charge in [0, 0.05) is 32.1 Å². The van der Waals surface area contributed by atoms with Crippen molar-refractivity contribution in [1.82, 2.24) is 15.5 Å². The quantitative estimate of drug-likeness (QED) is 0.557. The Bertz CT molecular complexity index is 805. The topological polar surface area (TPSA) is 66.0 Å². The monoisotopic (exact) mass is 394 g/mol. The number of nitrogens with one attached hydrogen (secondary N) is 2. The molecule has 0 aromatic heterocycles. The minimum atomic E-state index is 0.217. The Kier molecular flexibility index (Phi) is 7.50. The maximum atomic E-state index is 11.9. The van der Waals surface area contributed by atoms with Gasteiger partial charge in [0.25, 0.3) is 0 Å². The number of ether oxygens (including phenoxy) is 1. The second kappa shape index (κ2) is 10.5. The Labute approximate surface area is 173 Å². The number of hydrogen-bond acceptors (Lipinski definition) is 3. The van der Waals surface area contributed by atoms with Crippen molar-refractivity contribution in [2.45, 2.75) is 39.3 Å². The van der Waals surface area contributed by atoms with E-state index >= 15 is 0 Å². The van der Waals surface area contributed by atoms with E-state index < -0.39 is 0 Å². The fourth-order valence-electron chi connectivity index (χ4n) is 3.30. The summed E-state index contributed by atoms with van der Waals surface area (Å²) < 4.78 is 5.83. The number of amides is 1. The van der Waals surface area contributed by atoms with Gasteiger partial charge in [-0.2, -0.15) is 0 Å². The smallest absolute Gasteiger partial charge is 0.222 e. The summed E-state index contributed by atoms with van der Waals surface area (Å²) in [6.45, 7) is 6.87. The van der Waals surface area contributed by atoms with Crippen LogP contribution in [0.1, 0.15) is 32.3 Å². The predicted molar refractivity (Wildman–Crippen MR) is 116 cm³/mol. The molecule has 0 saturated carbocycles. The normalized spacial score (nSPS) is 16.6. The van der Waals surface area contributed by atoms with Crippen molar-refractivity contribution in [1.29, 1.82) is 0 Å². The molecule has 29 heavy (non-hydrogen) atoms. The lowest BCUT2D eigenvalue weighted by Gasteiger charge is -2.18. The number of aliphatic imine (C=N–C) groups is 1. The summed E-state index contributed by atoms with van der Waals surface area (Å²) in [6.07, 6.45) is 1.51. The molecule has 6 nitrogen and oxygen atoms in total. The fourth-order valence-corrected chi connectivity index (χ4v) is 3.30. The van der Waals surface area contributed by atoms with Gasteiger partial charge in [0.2, 0.25) is 5.91 Å². The van der Waals surface area contributed by atoms with Crippen LogP contribution in [0.15, 0.2) is 59.6 Å². The van der Waals surface area contributed by atoms with Crippen molar-refractivity contribution < 1.29 is 9.53 Å². The molecule has 2 aromatic carbocycles. The average Bonchev–Trinajstić information content (AvgIpc) is 3.22. The zero-order valence-electron chi connectivity index (χ0n) is 17.2. The average molecular weight is 395 g/mol. The number of carbonyl (C=O) groups is 1. The van der Waals surface area contributed by atoms with Crippen molar-refractivity contribution in [3.8, 4) is 11.5 Å². The number of carbonyl (C=O) groups excluding carboxylic acids is 1. The van der Waals surface area contributed by atoms with Crippen LogP contribution in [0, 0.1) is 0 Å². The number of likely N-dealkylation sites (tertiary alicyclic amines) is 1. The second-order valence-electron chi connectivity index (χ2n) is 7.08. The Hall–Kier alpha value is -3.02. The number of benzene rings is 2. The standard InChI is InChI=1S/C23H30N4O2/c1-3-22(28)27-15-14-19(17-27)26-23(24-4-2)25-16-18-10-12-21(13-11-18)29-20-8-6-5-7-9-20/h5-13,19H,3-4,14-17H2,1-2H3,(H2,24,25,26). The molecule has 0 spiro atoms. The minimum absolute atomic E-state index is 0.217. The third kappa shape index (κ3) is 6.24. The number of guanidine groups is 1. The van der Waals surface area contributed by atoms with Crippen molar-refractivity contribution in [3.05, 3.63) is 60.2 Å². The highest BCUT2D eigenvalue weighted by molar-refractivity contribution is 5.80. The Morgan fingerprint density at radius 3 is 2.52 bits per heavy atom. The van der Waals surface area contributed by atoms with E-state index in [1.807, 2.05) is 66.4 Å². The van der Waals surface area contributed by atoms with Crippen LogP contribution in [0.4, 0.5) is 0 Å². The summed E-state index contributed by atoms with van der Waals surface area (Å²) in [5.41, 5.74) is 1.11. The SMILES string of the molecule is CCNC(=NCc1ccc(Oc2ccccc2)cc1)NC1CCN(C(=O)CC)C1. The molecule has 154 valence electrons. The highest BCUT2D eigenvalue weighted by Gasteiger charge is 2.25. The molecule has 0 radical (unpaired) electrons. The molecule has 1 fully saturated rings. The molecule has 6 heteroatoms. The first-order chi connectivity index (χ1) is 14.2. The second-order valence-corrected chi connectivity index (χ2v) is 7.08. The summed E-state index contributed by atoms with van der Waals surface area (Å²) in [6, 6.07) is 18.0. The van der Waals surface area contributed by atoms with E-state index in [4.69, 9.17) is 9.73 Å². The molecular formula is C23H30N4O2. The highest BCUT2D eigenvalue weighted by atomic mass is 16.5. The zero-order chi connectivity index (χ0) is 20.5. The van der Waals surface area contributed by atoms with E-state index in [2.05, 4.69) is 17.6 Å². The van der Waals surface area contributed by atoms with Crippen LogP contribution in [0.2, 0.25) is 0 Å². The van der Waals surface area contributed by atoms with Crippen molar-refractivity contribution in [3.63, 3.8) is 0 Å². The molecule has 1 aliphatic heterocycles. The van der Waals surface area contributed by atoms with Gasteiger partial charge < -0.3 is 20.3 Å². The molecule has 1 atom stereocenters. The van der Waals surface area contributed by atoms with Gasteiger partial charge in [-0.15, -0.1) is 0 Å². The van der Waals surface area contributed by atoms with Gasteiger partial charge in [0.05, 0.1) is 6.54 Å². The third-order valence-electron chi connectivity index (χ3n) is 4.85. The van der Waals surface area contributed by atoms with Crippen molar-refractivity contribution in [2.24, 2.45) is 4.99 Å². The van der Waals surface area contributed by atoms with Gasteiger partial charge in [-0.3, -0.25) is 4.79 Å². The maximum absolute atomic E-state index is 11.9. The van der Waals surface area contributed by atoms with E-state index in [0.717, 1.165) is 49.1 Å². The van der Waals surface area contributed by atoms with Gasteiger partial charge in [-0.05, 0) is 43.2 Å². The Morgan fingerprint density at radius 2 is 1.83 bits per heavy atom. The largest absolute Gasteiger partial charge is 0.457 e. The molecule has 1 heterocycles. The highest BCUT2D eigenvalue weighted by Crippen LogP contribution is 2.21. The van der Waals surface area contributed by atoms with Gasteiger partial charge in [0.1, 0.15) is 11.5 Å². The summed E-state index contributed by atoms with van der Waals surface area (Å²) in [5.74, 6) is 2.63. The third-order valence-corrected chi connectivity index (χ3v) is 4.85. The van der Waals surface area contributed by atoms with Gasteiger partial charge in [-0.1, -0.05) is 37.3 Å². The predicted octanol–water partition coefficient (Wildman–Crippen LogP) is 3.54. The van der Waals surface area contributed by atoms with Crippen LogP contribution < -0.4 is 15.4 Å². The van der Waals surface area contributed by atoms with E-state index in [1.54, 1.807) is 0 Å². The van der Waals surface area contributed by atoms with Crippen molar-refractivity contribution in [2.75, 3.05) is 19.6 Å². The van der Waals surface area contributed by atoms with Crippen LogP contribution in [-0.4, -0.2) is 42.4 Å². The molecule has 2 N–H and O–H groups in total. The van der Waals surface area contributed by atoms with Gasteiger partial charge >= 0.3 is 0 Å². The molecule has 1 aliphatic rings. The number of hydrogen-bond donors (Lipinski definition) is 2. The van der Waals surface area contributed by atoms with Crippen LogP contribution in [0.5, 0.6) is 11.5 Å². The number of rotatable bonds is 7.